The lowest BCUT2D eigenvalue weighted by atomic mass is 9.88. The van der Waals surface area contributed by atoms with Crippen LogP contribution in [0, 0.1) is 5.92 Å². The van der Waals surface area contributed by atoms with Gasteiger partial charge >= 0.3 is 0 Å². The van der Waals surface area contributed by atoms with Gasteiger partial charge in [-0.2, -0.15) is 0 Å². The van der Waals surface area contributed by atoms with Crippen LogP contribution in [0.1, 0.15) is 65.7 Å². The van der Waals surface area contributed by atoms with Gasteiger partial charge in [0.1, 0.15) is 0 Å². The molecule has 1 aliphatic carbocycles. The van der Waals surface area contributed by atoms with Gasteiger partial charge in [0.05, 0.1) is 0 Å². The van der Waals surface area contributed by atoms with Gasteiger partial charge in [0.15, 0.2) is 0 Å². The van der Waals surface area contributed by atoms with Gasteiger partial charge in [-0.3, -0.25) is 0 Å². The van der Waals surface area contributed by atoms with Gasteiger partial charge < -0.3 is 11.1 Å². The Morgan fingerprint density at radius 2 is 2.06 bits per heavy atom. The van der Waals surface area contributed by atoms with Gasteiger partial charge in [-0.25, -0.2) is 0 Å². The Labute approximate surface area is 101 Å². The van der Waals surface area contributed by atoms with E-state index < -0.39 is 0 Å². The monoisotopic (exact) mass is 226 g/mol. The average molecular weight is 226 g/mol. The first kappa shape index (κ1) is 14.0. The molecule has 1 rings (SSSR count). The summed E-state index contributed by atoms with van der Waals surface area (Å²) < 4.78 is 0. The largest absolute Gasteiger partial charge is 0.329 e. The lowest BCUT2D eigenvalue weighted by molar-refractivity contribution is 0.257. The molecular weight excluding hydrogens is 196 g/mol. The van der Waals surface area contributed by atoms with E-state index in [9.17, 15) is 0 Å². The Morgan fingerprint density at radius 1 is 1.31 bits per heavy atom. The van der Waals surface area contributed by atoms with Gasteiger partial charge in [0.2, 0.25) is 0 Å². The number of nitrogens with two attached hydrogens (primary N) is 1. The fraction of sp³-hybridized carbons (Fsp3) is 1.00. The molecule has 0 aromatic carbocycles. The van der Waals surface area contributed by atoms with Crippen LogP contribution in [0.25, 0.3) is 0 Å². The second kappa shape index (κ2) is 6.61. The van der Waals surface area contributed by atoms with Gasteiger partial charge in [-0.15, -0.1) is 0 Å². The van der Waals surface area contributed by atoms with Crippen molar-refractivity contribution in [2.24, 2.45) is 11.7 Å². The van der Waals surface area contributed by atoms with E-state index in [0.29, 0.717) is 6.04 Å². The highest BCUT2D eigenvalue weighted by Gasteiger charge is 2.32. The lowest BCUT2D eigenvalue weighted by Crippen LogP contribution is -2.54. The molecule has 0 amide bonds. The molecule has 0 spiro atoms. The van der Waals surface area contributed by atoms with Crippen LogP contribution in [0.15, 0.2) is 0 Å². The minimum absolute atomic E-state index is 0.235. The summed E-state index contributed by atoms with van der Waals surface area (Å²) in [4.78, 5) is 0. The first-order chi connectivity index (χ1) is 7.65. The van der Waals surface area contributed by atoms with Crippen molar-refractivity contribution in [3.63, 3.8) is 0 Å². The third-order valence-corrected chi connectivity index (χ3v) is 4.43. The third-order valence-electron chi connectivity index (χ3n) is 4.43. The predicted molar refractivity (Wildman–Crippen MR) is 71.5 cm³/mol. The third kappa shape index (κ3) is 3.74. The maximum absolute atomic E-state index is 6.04. The minimum atomic E-state index is 0.235. The second-order valence-electron chi connectivity index (χ2n) is 5.64. The Bertz CT molecular complexity index is 193. The summed E-state index contributed by atoms with van der Waals surface area (Å²) in [6.07, 6.45) is 9.18. The van der Waals surface area contributed by atoms with E-state index in [0.717, 1.165) is 12.5 Å². The molecule has 1 fully saturated rings. The molecule has 3 unspecified atom stereocenters. The summed E-state index contributed by atoms with van der Waals surface area (Å²) in [6, 6.07) is 0.599. The molecule has 0 aromatic rings. The van der Waals surface area contributed by atoms with Gasteiger partial charge in [-0.05, 0) is 38.5 Å². The summed E-state index contributed by atoms with van der Waals surface area (Å²) in [6.45, 7) is 7.64. The molecule has 0 aromatic heterocycles. The van der Waals surface area contributed by atoms with Crippen molar-refractivity contribution in [2.75, 3.05) is 6.54 Å². The van der Waals surface area contributed by atoms with E-state index in [-0.39, 0.29) is 5.54 Å². The summed E-state index contributed by atoms with van der Waals surface area (Å²) in [7, 11) is 0. The molecular formula is C14H30N2. The molecule has 16 heavy (non-hydrogen) atoms. The van der Waals surface area contributed by atoms with Crippen LogP contribution >= 0.6 is 0 Å². The van der Waals surface area contributed by atoms with Crippen LogP contribution in [-0.4, -0.2) is 18.1 Å². The topological polar surface area (TPSA) is 38.0 Å². The van der Waals surface area contributed by atoms with Crippen molar-refractivity contribution in [1.29, 1.82) is 0 Å². The maximum atomic E-state index is 6.04. The van der Waals surface area contributed by atoms with Crippen LogP contribution in [-0.2, 0) is 0 Å². The molecule has 2 heteroatoms. The zero-order valence-corrected chi connectivity index (χ0v) is 11.4. The number of hydrogen-bond acceptors (Lipinski definition) is 2. The van der Waals surface area contributed by atoms with Crippen molar-refractivity contribution in [1.82, 2.24) is 5.32 Å². The van der Waals surface area contributed by atoms with Crippen LogP contribution in [0.3, 0.4) is 0 Å². The highest BCUT2D eigenvalue weighted by molar-refractivity contribution is 4.93. The van der Waals surface area contributed by atoms with E-state index in [4.69, 9.17) is 5.73 Å². The Kier molecular flexibility index (Phi) is 5.77. The average Bonchev–Trinajstić information content (AvgIpc) is 2.52. The van der Waals surface area contributed by atoms with Crippen molar-refractivity contribution < 1.29 is 0 Å². The maximum Gasteiger partial charge on any atom is 0.0306 e. The Morgan fingerprint density at radius 3 is 2.62 bits per heavy atom. The van der Waals surface area contributed by atoms with Crippen molar-refractivity contribution in [3.05, 3.63) is 0 Å². The number of nitrogens with one attached hydrogen (secondary N) is 1. The fourth-order valence-corrected chi connectivity index (χ4v) is 2.92. The molecule has 1 saturated carbocycles. The van der Waals surface area contributed by atoms with Gasteiger partial charge in [-0.1, -0.05) is 33.1 Å². The minimum Gasteiger partial charge on any atom is -0.329 e. The smallest absolute Gasteiger partial charge is 0.0306 e. The predicted octanol–water partition coefficient (Wildman–Crippen LogP) is 3.06. The first-order valence-electron chi connectivity index (χ1n) is 7.13. The van der Waals surface area contributed by atoms with Gasteiger partial charge in [0.25, 0.3) is 0 Å². The molecule has 96 valence electrons. The number of hydrogen-bond donors (Lipinski definition) is 2. The van der Waals surface area contributed by atoms with Crippen molar-refractivity contribution >= 4 is 0 Å². The molecule has 3 atom stereocenters. The molecule has 0 bridgehead atoms. The molecule has 1 aliphatic rings. The van der Waals surface area contributed by atoms with Crippen LogP contribution in [0.5, 0.6) is 0 Å². The van der Waals surface area contributed by atoms with E-state index >= 15 is 0 Å². The lowest BCUT2D eigenvalue weighted by Gasteiger charge is -2.36. The highest BCUT2D eigenvalue weighted by Crippen LogP contribution is 2.31. The molecule has 0 aliphatic heterocycles. The van der Waals surface area contributed by atoms with Crippen LogP contribution in [0.2, 0.25) is 0 Å². The van der Waals surface area contributed by atoms with Gasteiger partial charge in [0, 0.05) is 18.1 Å². The Balaban J connectivity index is 2.57. The quantitative estimate of drug-likeness (QED) is 0.707. The van der Waals surface area contributed by atoms with Crippen LogP contribution < -0.4 is 11.1 Å². The molecule has 2 nitrogen and oxygen atoms in total. The standard InChI is InChI=1S/C14H30N2/c1-4-12(3)16-14(11-15)9-6-7-13(5-2)8-10-14/h12-13,16H,4-11,15H2,1-3H3. The summed E-state index contributed by atoms with van der Waals surface area (Å²) in [5, 5.41) is 3.79. The molecule has 3 N–H and O–H groups in total. The summed E-state index contributed by atoms with van der Waals surface area (Å²) in [5.74, 6) is 0.937. The molecule has 0 saturated heterocycles. The van der Waals surface area contributed by atoms with Crippen molar-refractivity contribution in [3.8, 4) is 0 Å². The van der Waals surface area contributed by atoms with E-state index in [2.05, 4.69) is 26.1 Å². The molecule has 0 radical (unpaired) electrons. The summed E-state index contributed by atoms with van der Waals surface area (Å²) >= 11 is 0. The van der Waals surface area contributed by atoms with Crippen molar-refractivity contribution in [2.45, 2.75) is 77.3 Å². The first-order valence-corrected chi connectivity index (χ1v) is 7.13. The SMILES string of the molecule is CCC1CCCC(CN)(NC(C)CC)CC1. The van der Waals surface area contributed by atoms with E-state index in [1.807, 2.05) is 0 Å². The molecule has 0 heterocycles. The van der Waals surface area contributed by atoms with Crippen LogP contribution in [0.4, 0.5) is 0 Å². The fourth-order valence-electron chi connectivity index (χ4n) is 2.92. The van der Waals surface area contributed by atoms with E-state index in [1.165, 1.54) is 44.9 Å². The Hall–Kier alpha value is -0.0800. The highest BCUT2D eigenvalue weighted by atomic mass is 15.0. The normalized spacial score (nSPS) is 33.4. The zero-order chi connectivity index (χ0) is 12.0. The number of rotatable bonds is 5. The van der Waals surface area contributed by atoms with E-state index in [1.54, 1.807) is 0 Å². The zero-order valence-electron chi connectivity index (χ0n) is 11.4. The second-order valence-corrected chi connectivity index (χ2v) is 5.64. The summed E-state index contributed by atoms with van der Waals surface area (Å²) in [5.41, 5.74) is 6.27.